The van der Waals surface area contributed by atoms with Gasteiger partial charge in [-0.2, -0.15) is 5.10 Å². The monoisotopic (exact) mass is 271 g/mol. The fourth-order valence-electron chi connectivity index (χ4n) is 3.27. The average Bonchev–Trinajstić information content (AvgIpc) is 2.79. The van der Waals surface area contributed by atoms with Crippen molar-refractivity contribution < 1.29 is 5.11 Å². The molecule has 1 aliphatic rings. The fourth-order valence-corrected chi connectivity index (χ4v) is 3.27. The van der Waals surface area contributed by atoms with Gasteiger partial charge in [0, 0.05) is 0 Å². The number of rotatable bonds is 2. The number of aromatic nitrogens is 3. The van der Waals surface area contributed by atoms with Gasteiger partial charge in [-0.05, 0) is 44.6 Å². The van der Waals surface area contributed by atoms with Crippen LogP contribution in [0.5, 0.6) is 0 Å². The predicted molar refractivity (Wildman–Crippen MR) is 77.6 cm³/mol. The highest BCUT2D eigenvalue weighted by Crippen LogP contribution is 2.38. The lowest BCUT2D eigenvalue weighted by Gasteiger charge is -2.34. The van der Waals surface area contributed by atoms with Gasteiger partial charge in [0.1, 0.15) is 11.6 Å². The SMILES string of the molecule is Cc1nc(C)n(C2CC(c3ccccc3)CCC2O)n1. The third kappa shape index (κ3) is 2.48. The van der Waals surface area contributed by atoms with Crippen LogP contribution in [0.2, 0.25) is 0 Å². The Morgan fingerprint density at radius 1 is 1.15 bits per heavy atom. The summed E-state index contributed by atoms with van der Waals surface area (Å²) >= 11 is 0. The molecule has 0 spiro atoms. The zero-order valence-electron chi connectivity index (χ0n) is 12.0. The molecule has 0 saturated heterocycles. The molecule has 1 fully saturated rings. The van der Waals surface area contributed by atoms with Crippen LogP contribution in [-0.4, -0.2) is 26.0 Å². The molecule has 0 aliphatic heterocycles. The maximum absolute atomic E-state index is 10.3. The number of aryl methyl sites for hydroxylation is 2. The molecule has 0 radical (unpaired) electrons. The first-order valence-electron chi connectivity index (χ1n) is 7.28. The lowest BCUT2D eigenvalue weighted by atomic mass is 9.80. The summed E-state index contributed by atoms with van der Waals surface area (Å²) in [6.07, 6.45) is 2.46. The van der Waals surface area contributed by atoms with Gasteiger partial charge in [-0.3, -0.25) is 0 Å². The van der Waals surface area contributed by atoms with E-state index in [-0.39, 0.29) is 12.1 Å². The Labute approximate surface area is 119 Å². The molecule has 4 nitrogen and oxygen atoms in total. The first-order valence-corrected chi connectivity index (χ1v) is 7.28. The molecule has 1 heterocycles. The van der Waals surface area contributed by atoms with Crippen LogP contribution in [0.1, 0.15) is 48.4 Å². The van der Waals surface area contributed by atoms with E-state index in [1.807, 2.05) is 24.6 Å². The lowest BCUT2D eigenvalue weighted by molar-refractivity contribution is 0.0603. The van der Waals surface area contributed by atoms with Crippen molar-refractivity contribution in [2.75, 3.05) is 0 Å². The molecule has 3 atom stereocenters. The largest absolute Gasteiger partial charge is 0.391 e. The van der Waals surface area contributed by atoms with Crippen LogP contribution < -0.4 is 0 Å². The number of aliphatic hydroxyl groups excluding tert-OH is 1. The Kier molecular flexibility index (Phi) is 3.57. The van der Waals surface area contributed by atoms with Crippen molar-refractivity contribution in [2.24, 2.45) is 0 Å². The molecule has 0 bridgehead atoms. The summed E-state index contributed by atoms with van der Waals surface area (Å²) in [6, 6.07) is 10.6. The van der Waals surface area contributed by atoms with Gasteiger partial charge in [0.05, 0.1) is 12.1 Å². The summed E-state index contributed by atoms with van der Waals surface area (Å²) in [7, 11) is 0. The van der Waals surface area contributed by atoms with Crippen molar-refractivity contribution in [1.82, 2.24) is 14.8 Å². The molecule has 0 amide bonds. The van der Waals surface area contributed by atoms with Crippen LogP contribution in [0, 0.1) is 13.8 Å². The Morgan fingerprint density at radius 3 is 2.55 bits per heavy atom. The van der Waals surface area contributed by atoms with Crippen molar-refractivity contribution in [3.63, 3.8) is 0 Å². The normalized spacial score (nSPS) is 26.6. The first-order chi connectivity index (χ1) is 9.65. The van der Waals surface area contributed by atoms with E-state index in [2.05, 4.69) is 34.3 Å². The van der Waals surface area contributed by atoms with Gasteiger partial charge < -0.3 is 5.11 Å². The molecule has 2 aromatic rings. The number of hydrogen-bond acceptors (Lipinski definition) is 3. The molecule has 106 valence electrons. The van der Waals surface area contributed by atoms with Crippen molar-refractivity contribution in [3.05, 3.63) is 47.5 Å². The highest BCUT2D eigenvalue weighted by Gasteiger charge is 2.32. The number of benzene rings is 1. The second-order valence-electron chi connectivity index (χ2n) is 5.71. The van der Waals surface area contributed by atoms with Crippen LogP contribution in [-0.2, 0) is 0 Å². The van der Waals surface area contributed by atoms with Gasteiger partial charge in [-0.25, -0.2) is 9.67 Å². The van der Waals surface area contributed by atoms with Crippen LogP contribution in [0.4, 0.5) is 0 Å². The van der Waals surface area contributed by atoms with Crippen molar-refractivity contribution in [3.8, 4) is 0 Å². The van der Waals surface area contributed by atoms with E-state index in [1.54, 1.807) is 0 Å². The van der Waals surface area contributed by atoms with Gasteiger partial charge >= 0.3 is 0 Å². The van der Waals surface area contributed by atoms with E-state index in [0.29, 0.717) is 5.92 Å². The lowest BCUT2D eigenvalue weighted by Crippen LogP contribution is -2.32. The van der Waals surface area contributed by atoms with Crippen molar-refractivity contribution in [1.29, 1.82) is 0 Å². The van der Waals surface area contributed by atoms with E-state index < -0.39 is 0 Å². The van der Waals surface area contributed by atoms with E-state index in [4.69, 9.17) is 0 Å². The maximum Gasteiger partial charge on any atom is 0.147 e. The zero-order chi connectivity index (χ0) is 14.1. The zero-order valence-corrected chi connectivity index (χ0v) is 12.0. The Bertz CT molecular complexity index is 579. The Morgan fingerprint density at radius 2 is 1.90 bits per heavy atom. The van der Waals surface area contributed by atoms with Gasteiger partial charge in [-0.1, -0.05) is 30.3 Å². The first kappa shape index (κ1) is 13.3. The molecule has 1 N–H and O–H groups in total. The summed E-state index contributed by atoms with van der Waals surface area (Å²) in [4.78, 5) is 4.36. The molecule has 1 saturated carbocycles. The minimum Gasteiger partial charge on any atom is -0.391 e. The smallest absolute Gasteiger partial charge is 0.147 e. The van der Waals surface area contributed by atoms with E-state index in [0.717, 1.165) is 30.9 Å². The topological polar surface area (TPSA) is 50.9 Å². The van der Waals surface area contributed by atoms with E-state index in [1.165, 1.54) is 5.56 Å². The number of nitrogens with zero attached hydrogens (tertiary/aromatic N) is 3. The third-order valence-corrected chi connectivity index (χ3v) is 4.27. The Balaban J connectivity index is 1.85. The summed E-state index contributed by atoms with van der Waals surface area (Å²) in [6.45, 7) is 3.85. The fraction of sp³-hybridized carbons (Fsp3) is 0.500. The van der Waals surface area contributed by atoms with E-state index >= 15 is 0 Å². The summed E-state index contributed by atoms with van der Waals surface area (Å²) in [5, 5.41) is 14.8. The third-order valence-electron chi connectivity index (χ3n) is 4.27. The van der Waals surface area contributed by atoms with Crippen LogP contribution in [0.15, 0.2) is 30.3 Å². The van der Waals surface area contributed by atoms with Crippen LogP contribution >= 0.6 is 0 Å². The van der Waals surface area contributed by atoms with Gasteiger partial charge in [0.2, 0.25) is 0 Å². The second-order valence-corrected chi connectivity index (χ2v) is 5.71. The molecule has 4 heteroatoms. The van der Waals surface area contributed by atoms with E-state index in [9.17, 15) is 5.11 Å². The molecular formula is C16H21N3O. The highest BCUT2D eigenvalue weighted by atomic mass is 16.3. The highest BCUT2D eigenvalue weighted by molar-refractivity contribution is 5.20. The minimum atomic E-state index is -0.324. The summed E-state index contributed by atoms with van der Waals surface area (Å²) in [5.41, 5.74) is 1.36. The van der Waals surface area contributed by atoms with Gasteiger partial charge in [0.15, 0.2) is 0 Å². The molecule has 3 rings (SSSR count). The predicted octanol–water partition coefficient (Wildman–Crippen LogP) is 2.76. The molecule has 1 aromatic heterocycles. The van der Waals surface area contributed by atoms with Crippen molar-refractivity contribution in [2.45, 2.75) is 51.2 Å². The molecular weight excluding hydrogens is 250 g/mol. The Hall–Kier alpha value is -1.68. The number of hydrogen-bond donors (Lipinski definition) is 1. The second kappa shape index (κ2) is 5.37. The summed E-state index contributed by atoms with van der Waals surface area (Å²) in [5.74, 6) is 2.16. The van der Waals surface area contributed by atoms with Gasteiger partial charge in [-0.15, -0.1) is 0 Å². The minimum absolute atomic E-state index is 0.0372. The molecule has 20 heavy (non-hydrogen) atoms. The average molecular weight is 271 g/mol. The maximum atomic E-state index is 10.3. The standard InChI is InChI=1S/C16H21N3O/c1-11-17-12(2)19(18-11)15-10-14(8-9-16(15)20)13-6-4-3-5-7-13/h3-7,14-16,20H,8-10H2,1-2H3. The molecule has 1 aromatic carbocycles. The molecule has 3 unspecified atom stereocenters. The summed E-state index contributed by atoms with van der Waals surface area (Å²) < 4.78 is 1.91. The molecule has 1 aliphatic carbocycles. The number of aliphatic hydroxyl groups is 1. The quantitative estimate of drug-likeness (QED) is 0.913. The van der Waals surface area contributed by atoms with Crippen molar-refractivity contribution >= 4 is 0 Å². The van der Waals surface area contributed by atoms with Crippen LogP contribution in [0.25, 0.3) is 0 Å². The van der Waals surface area contributed by atoms with Crippen LogP contribution in [0.3, 0.4) is 0 Å². The van der Waals surface area contributed by atoms with Gasteiger partial charge in [0.25, 0.3) is 0 Å².